The first kappa shape index (κ1) is 21.8. The summed E-state index contributed by atoms with van der Waals surface area (Å²) in [5.74, 6) is 1.79. The topological polar surface area (TPSA) is 109 Å². The lowest BCUT2D eigenvalue weighted by molar-refractivity contribution is 0.0520. The Morgan fingerprint density at radius 3 is 2.37 bits per heavy atom. The van der Waals surface area contributed by atoms with Crippen molar-refractivity contribution in [2.45, 2.75) is 6.42 Å². The van der Waals surface area contributed by atoms with Crippen LogP contribution < -0.4 is 21.1 Å². The van der Waals surface area contributed by atoms with Gasteiger partial charge in [0.1, 0.15) is 11.6 Å². The minimum absolute atomic E-state index is 0.239. The van der Waals surface area contributed by atoms with Gasteiger partial charge in [-0.25, -0.2) is 4.98 Å². The molecule has 160 valence electrons. The average Bonchev–Trinajstić information content (AvgIpc) is 2.77. The van der Waals surface area contributed by atoms with Crippen LogP contribution in [0.3, 0.4) is 0 Å². The van der Waals surface area contributed by atoms with Crippen LogP contribution in [-0.2, 0) is 15.9 Å². The third-order valence-electron chi connectivity index (χ3n) is 4.74. The van der Waals surface area contributed by atoms with Crippen LogP contribution in [0.5, 0.6) is 5.75 Å². The first-order chi connectivity index (χ1) is 14.6. The molecule has 0 unspecified atom stereocenters. The monoisotopic (exact) mass is 411 g/mol. The number of nitrogen functional groups attached to an aromatic ring is 1. The van der Waals surface area contributed by atoms with Crippen LogP contribution in [0.25, 0.3) is 10.9 Å². The number of rotatable bonds is 11. The van der Waals surface area contributed by atoms with Crippen molar-refractivity contribution in [3.05, 3.63) is 48.0 Å². The van der Waals surface area contributed by atoms with Crippen molar-refractivity contribution in [1.82, 2.24) is 9.97 Å². The Bertz CT molecular complexity index is 949. The average molecular weight is 412 g/mol. The third kappa shape index (κ3) is 5.35. The molecule has 1 heterocycles. The zero-order valence-corrected chi connectivity index (χ0v) is 17.5. The van der Waals surface area contributed by atoms with E-state index in [4.69, 9.17) is 25.7 Å². The maximum Gasteiger partial charge on any atom is 0.222 e. The fourth-order valence-electron chi connectivity index (χ4n) is 3.22. The Balaban J connectivity index is 1.82. The van der Waals surface area contributed by atoms with E-state index in [2.05, 4.69) is 16.0 Å². The zero-order chi connectivity index (χ0) is 21.3. The molecule has 4 N–H and O–H groups in total. The van der Waals surface area contributed by atoms with Crippen LogP contribution in [0.4, 0.5) is 17.5 Å². The number of nitrogens with two attached hydrogens (primary N) is 2. The largest absolute Gasteiger partial charge is 0.497 e. The molecule has 8 nitrogen and oxygen atoms in total. The minimum atomic E-state index is 0.239. The second-order valence-corrected chi connectivity index (χ2v) is 6.74. The van der Waals surface area contributed by atoms with Crippen molar-refractivity contribution < 1.29 is 14.2 Å². The van der Waals surface area contributed by atoms with E-state index in [9.17, 15) is 0 Å². The van der Waals surface area contributed by atoms with Crippen molar-refractivity contribution in [3.63, 3.8) is 0 Å². The first-order valence-corrected chi connectivity index (χ1v) is 9.92. The summed E-state index contributed by atoms with van der Waals surface area (Å²) in [5, 5.41) is 0.966. The second-order valence-electron chi connectivity index (χ2n) is 6.74. The summed E-state index contributed by atoms with van der Waals surface area (Å²) in [6.45, 7) is 2.71. The van der Waals surface area contributed by atoms with Crippen LogP contribution in [0.1, 0.15) is 5.56 Å². The van der Waals surface area contributed by atoms with Crippen molar-refractivity contribution in [1.29, 1.82) is 0 Å². The lowest BCUT2D eigenvalue weighted by Gasteiger charge is -2.22. The normalized spacial score (nSPS) is 11.0. The van der Waals surface area contributed by atoms with Crippen LogP contribution in [0.2, 0.25) is 0 Å². The van der Waals surface area contributed by atoms with Gasteiger partial charge >= 0.3 is 0 Å². The predicted molar refractivity (Wildman–Crippen MR) is 119 cm³/mol. The number of anilines is 3. The Morgan fingerprint density at radius 2 is 1.67 bits per heavy atom. The van der Waals surface area contributed by atoms with Gasteiger partial charge in [-0.1, -0.05) is 12.1 Å². The number of nitrogens with zero attached hydrogens (tertiary/aromatic N) is 3. The van der Waals surface area contributed by atoms with Crippen LogP contribution in [0, 0.1) is 0 Å². The van der Waals surface area contributed by atoms with Gasteiger partial charge in [0.2, 0.25) is 5.95 Å². The predicted octanol–water partition coefficient (Wildman–Crippen LogP) is 2.52. The van der Waals surface area contributed by atoms with Crippen LogP contribution in [-0.4, -0.2) is 57.1 Å². The molecule has 0 spiro atoms. The SMILES string of the molecule is COc1ccc(N(C)c2nc(N)nc3cccc(CCOCCOCCN)c23)cc1. The van der Waals surface area contributed by atoms with Crippen molar-refractivity contribution >= 4 is 28.4 Å². The standard InChI is InChI=1S/C22H29N5O3/c1-27(17-6-8-18(28-2)9-7-17)21-20-16(10-12-29-14-15-30-13-11-23)4-3-5-19(20)25-22(24)26-21/h3-9H,10-15,23H2,1-2H3,(H2,24,25,26). The summed E-state index contributed by atoms with van der Waals surface area (Å²) < 4.78 is 16.3. The van der Waals surface area contributed by atoms with E-state index in [1.165, 1.54) is 0 Å². The third-order valence-corrected chi connectivity index (χ3v) is 4.74. The number of ether oxygens (including phenoxy) is 3. The molecule has 0 bridgehead atoms. The Hall–Kier alpha value is -2.94. The number of hydrogen-bond donors (Lipinski definition) is 2. The number of aromatic nitrogens is 2. The first-order valence-electron chi connectivity index (χ1n) is 9.92. The molecule has 1 aromatic heterocycles. The van der Waals surface area contributed by atoms with E-state index in [1.54, 1.807) is 7.11 Å². The number of fused-ring (bicyclic) bond motifs is 1. The maximum atomic E-state index is 6.00. The molecule has 3 aromatic rings. The summed E-state index contributed by atoms with van der Waals surface area (Å²) in [6.07, 6.45) is 0.727. The van der Waals surface area contributed by atoms with Gasteiger partial charge in [0.05, 0.1) is 39.1 Å². The molecule has 0 aliphatic carbocycles. The van der Waals surface area contributed by atoms with Gasteiger partial charge in [0, 0.05) is 24.7 Å². The fourth-order valence-corrected chi connectivity index (χ4v) is 3.22. The highest BCUT2D eigenvalue weighted by Gasteiger charge is 2.15. The highest BCUT2D eigenvalue weighted by molar-refractivity contribution is 5.95. The van der Waals surface area contributed by atoms with Gasteiger partial charge in [-0.15, -0.1) is 0 Å². The van der Waals surface area contributed by atoms with Crippen LogP contribution >= 0.6 is 0 Å². The number of benzene rings is 2. The van der Waals surface area contributed by atoms with E-state index in [-0.39, 0.29) is 5.95 Å². The molecule has 3 rings (SSSR count). The smallest absolute Gasteiger partial charge is 0.222 e. The van der Waals surface area contributed by atoms with E-state index in [1.807, 2.05) is 48.3 Å². The quantitative estimate of drug-likeness (QED) is 0.463. The lowest BCUT2D eigenvalue weighted by Crippen LogP contribution is -2.15. The Morgan fingerprint density at radius 1 is 0.933 bits per heavy atom. The van der Waals surface area contributed by atoms with Gasteiger partial charge in [-0.05, 0) is 42.3 Å². The summed E-state index contributed by atoms with van der Waals surface area (Å²) in [7, 11) is 3.61. The molecule has 30 heavy (non-hydrogen) atoms. The minimum Gasteiger partial charge on any atom is -0.497 e. The van der Waals surface area contributed by atoms with E-state index < -0.39 is 0 Å². The molecule has 0 saturated carbocycles. The number of hydrogen-bond acceptors (Lipinski definition) is 8. The fraction of sp³-hybridized carbons (Fsp3) is 0.364. The molecular formula is C22H29N5O3. The molecule has 0 amide bonds. The molecule has 0 saturated heterocycles. The van der Waals surface area contributed by atoms with E-state index >= 15 is 0 Å². The van der Waals surface area contributed by atoms with Gasteiger partial charge < -0.3 is 30.6 Å². The number of methoxy groups -OCH3 is 1. The van der Waals surface area contributed by atoms with Crippen molar-refractivity contribution in [2.75, 3.05) is 57.8 Å². The highest BCUT2D eigenvalue weighted by Crippen LogP contribution is 2.32. The van der Waals surface area contributed by atoms with Gasteiger partial charge in [0.25, 0.3) is 0 Å². The van der Waals surface area contributed by atoms with Gasteiger partial charge in [-0.2, -0.15) is 4.98 Å². The van der Waals surface area contributed by atoms with E-state index in [0.717, 1.165) is 40.1 Å². The molecule has 0 aliphatic rings. The van der Waals surface area contributed by atoms with E-state index in [0.29, 0.717) is 33.0 Å². The molecule has 0 aliphatic heterocycles. The second kappa shape index (κ2) is 10.7. The zero-order valence-electron chi connectivity index (χ0n) is 17.5. The lowest BCUT2D eigenvalue weighted by atomic mass is 10.1. The summed E-state index contributed by atoms with van der Waals surface area (Å²) in [5.41, 5.74) is 14.3. The Labute approximate surface area is 176 Å². The molecule has 0 fully saturated rings. The van der Waals surface area contributed by atoms with Crippen molar-refractivity contribution in [2.24, 2.45) is 5.73 Å². The van der Waals surface area contributed by atoms with Gasteiger partial charge in [0.15, 0.2) is 0 Å². The molecule has 0 atom stereocenters. The molecule has 2 aromatic carbocycles. The summed E-state index contributed by atoms with van der Waals surface area (Å²) in [6, 6.07) is 13.8. The summed E-state index contributed by atoms with van der Waals surface area (Å²) >= 11 is 0. The maximum absolute atomic E-state index is 6.00. The van der Waals surface area contributed by atoms with Crippen molar-refractivity contribution in [3.8, 4) is 5.75 Å². The molecule has 0 radical (unpaired) electrons. The summed E-state index contributed by atoms with van der Waals surface area (Å²) in [4.78, 5) is 11.0. The van der Waals surface area contributed by atoms with Crippen LogP contribution in [0.15, 0.2) is 42.5 Å². The molecular weight excluding hydrogens is 382 g/mol. The Kier molecular flexibility index (Phi) is 7.78. The molecule has 8 heteroatoms. The van der Waals surface area contributed by atoms with Gasteiger partial charge in [-0.3, -0.25) is 0 Å². The highest BCUT2D eigenvalue weighted by atomic mass is 16.5.